The van der Waals surface area contributed by atoms with Crippen molar-refractivity contribution in [3.8, 4) is 5.88 Å². The lowest BCUT2D eigenvalue weighted by atomic mass is 10.5. The molecular weight excluding hydrogens is 180 g/mol. The van der Waals surface area contributed by atoms with Crippen LogP contribution in [0, 0.1) is 0 Å². The highest BCUT2D eigenvalue weighted by atomic mass is 35.5. The average molecular weight is 189 g/mol. The summed E-state index contributed by atoms with van der Waals surface area (Å²) in [6, 6.07) is 0. The number of aromatic nitrogens is 2. The van der Waals surface area contributed by atoms with Crippen LogP contribution in [0.3, 0.4) is 0 Å². The molecule has 0 bridgehead atoms. The Bertz CT molecular complexity index is 268. The van der Waals surface area contributed by atoms with Crippen LogP contribution in [0.25, 0.3) is 0 Å². The third-order valence-electron chi connectivity index (χ3n) is 1.27. The molecule has 0 unspecified atom stereocenters. The van der Waals surface area contributed by atoms with Gasteiger partial charge in [0.2, 0.25) is 5.88 Å². The lowest BCUT2D eigenvalue weighted by molar-refractivity contribution is 0.181. The molecule has 4 nitrogen and oxygen atoms in total. The van der Waals surface area contributed by atoms with Crippen LogP contribution in [0.15, 0.2) is 6.20 Å². The summed E-state index contributed by atoms with van der Waals surface area (Å²) in [5, 5.41) is 0.316. The van der Waals surface area contributed by atoms with Gasteiger partial charge in [0.1, 0.15) is 5.69 Å². The number of halogens is 1. The van der Waals surface area contributed by atoms with Gasteiger partial charge in [-0.15, -0.1) is 0 Å². The zero-order chi connectivity index (χ0) is 8.97. The van der Waals surface area contributed by atoms with Crippen LogP contribution in [0.4, 0.5) is 0 Å². The predicted octanol–water partition coefficient (Wildman–Crippen LogP) is 1.29. The van der Waals surface area contributed by atoms with Crippen LogP contribution >= 0.6 is 11.6 Å². The summed E-state index contributed by atoms with van der Waals surface area (Å²) in [6.07, 6.45) is 1.50. The number of hydrogen-bond donors (Lipinski definition) is 0. The summed E-state index contributed by atoms with van der Waals surface area (Å²) in [5.41, 5.74) is 0.611. The van der Waals surface area contributed by atoms with Crippen molar-refractivity contribution in [1.82, 2.24) is 9.97 Å². The number of hydrogen-bond acceptors (Lipinski definition) is 4. The van der Waals surface area contributed by atoms with Crippen molar-refractivity contribution in [2.24, 2.45) is 0 Å². The molecule has 0 saturated carbocycles. The monoisotopic (exact) mass is 188 g/mol. The molecule has 0 aliphatic heterocycles. The third-order valence-corrected chi connectivity index (χ3v) is 1.57. The molecule has 1 heterocycles. The van der Waals surface area contributed by atoms with Gasteiger partial charge in [-0.25, -0.2) is 4.98 Å². The number of ether oxygens (including phenoxy) is 2. The molecule has 0 radical (unpaired) electrons. The third kappa shape index (κ3) is 2.06. The fourth-order valence-corrected chi connectivity index (χ4v) is 0.895. The maximum atomic E-state index is 5.75. The summed E-state index contributed by atoms with van der Waals surface area (Å²) in [4.78, 5) is 7.91. The van der Waals surface area contributed by atoms with Gasteiger partial charge in [0.15, 0.2) is 5.15 Å². The first-order valence-electron chi connectivity index (χ1n) is 3.32. The lowest BCUT2D eigenvalue weighted by Crippen LogP contribution is -1.97. The lowest BCUT2D eigenvalue weighted by Gasteiger charge is -2.02. The Morgan fingerprint density at radius 3 is 2.75 bits per heavy atom. The number of methoxy groups -OCH3 is 2. The summed E-state index contributed by atoms with van der Waals surface area (Å²) >= 11 is 5.75. The molecular formula is C7H9ClN2O2. The highest BCUT2D eigenvalue weighted by Crippen LogP contribution is 2.14. The van der Waals surface area contributed by atoms with Crippen molar-refractivity contribution in [3.63, 3.8) is 0 Å². The van der Waals surface area contributed by atoms with E-state index in [-0.39, 0.29) is 0 Å². The van der Waals surface area contributed by atoms with Crippen LogP contribution in [-0.2, 0) is 11.3 Å². The van der Waals surface area contributed by atoms with Gasteiger partial charge in [-0.3, -0.25) is 0 Å². The molecule has 66 valence electrons. The van der Waals surface area contributed by atoms with Crippen molar-refractivity contribution in [1.29, 1.82) is 0 Å². The summed E-state index contributed by atoms with van der Waals surface area (Å²) in [7, 11) is 3.08. The summed E-state index contributed by atoms with van der Waals surface area (Å²) in [6.45, 7) is 0.357. The first-order valence-corrected chi connectivity index (χ1v) is 3.70. The Labute approximate surface area is 75.5 Å². The quantitative estimate of drug-likeness (QED) is 0.717. The molecule has 0 spiro atoms. The average Bonchev–Trinajstić information content (AvgIpc) is 2.09. The Morgan fingerprint density at radius 2 is 2.25 bits per heavy atom. The van der Waals surface area contributed by atoms with Crippen LogP contribution in [0.2, 0.25) is 5.15 Å². The van der Waals surface area contributed by atoms with E-state index in [4.69, 9.17) is 21.1 Å². The highest BCUT2D eigenvalue weighted by Gasteiger charge is 2.04. The Kier molecular flexibility index (Phi) is 3.25. The first kappa shape index (κ1) is 9.22. The van der Waals surface area contributed by atoms with Crippen molar-refractivity contribution in [2.45, 2.75) is 6.61 Å². The molecule has 12 heavy (non-hydrogen) atoms. The molecule has 0 saturated heterocycles. The van der Waals surface area contributed by atoms with E-state index in [1.807, 2.05) is 0 Å². The zero-order valence-corrected chi connectivity index (χ0v) is 7.63. The molecule has 0 atom stereocenters. The van der Waals surface area contributed by atoms with Gasteiger partial charge >= 0.3 is 0 Å². The smallest absolute Gasteiger partial charge is 0.233 e. The predicted molar refractivity (Wildman–Crippen MR) is 44.3 cm³/mol. The van der Waals surface area contributed by atoms with E-state index in [0.717, 1.165) is 0 Å². The molecule has 0 aromatic carbocycles. The van der Waals surface area contributed by atoms with Gasteiger partial charge in [0.25, 0.3) is 0 Å². The van der Waals surface area contributed by atoms with Crippen LogP contribution in [0.5, 0.6) is 5.88 Å². The zero-order valence-electron chi connectivity index (χ0n) is 6.87. The van der Waals surface area contributed by atoms with E-state index in [1.54, 1.807) is 7.11 Å². The minimum Gasteiger partial charge on any atom is -0.480 e. The summed E-state index contributed by atoms with van der Waals surface area (Å²) < 4.78 is 9.68. The largest absolute Gasteiger partial charge is 0.480 e. The molecule has 0 N–H and O–H groups in total. The van der Waals surface area contributed by atoms with Crippen molar-refractivity contribution in [3.05, 3.63) is 17.0 Å². The van der Waals surface area contributed by atoms with Gasteiger partial charge in [-0.05, 0) is 0 Å². The van der Waals surface area contributed by atoms with E-state index >= 15 is 0 Å². The Balaban J connectivity index is 2.87. The van der Waals surface area contributed by atoms with Crippen LogP contribution in [-0.4, -0.2) is 24.2 Å². The maximum absolute atomic E-state index is 5.75. The SMILES string of the molecule is COCc1ncc(OC)nc1Cl. The number of rotatable bonds is 3. The standard InChI is InChI=1S/C7H9ClN2O2/c1-11-4-5-7(8)10-6(12-2)3-9-5/h3H,4H2,1-2H3. The van der Waals surface area contributed by atoms with Gasteiger partial charge in [-0.2, -0.15) is 4.98 Å². The van der Waals surface area contributed by atoms with Crippen molar-refractivity contribution in [2.75, 3.05) is 14.2 Å². The molecule has 0 fully saturated rings. The molecule has 1 aromatic heterocycles. The van der Waals surface area contributed by atoms with Gasteiger partial charge in [-0.1, -0.05) is 11.6 Å². The number of nitrogens with zero attached hydrogens (tertiary/aromatic N) is 2. The van der Waals surface area contributed by atoms with Crippen LogP contribution < -0.4 is 4.74 Å². The van der Waals surface area contributed by atoms with E-state index in [0.29, 0.717) is 23.3 Å². The van der Waals surface area contributed by atoms with Crippen molar-refractivity contribution >= 4 is 11.6 Å². The topological polar surface area (TPSA) is 44.2 Å². The molecule has 1 rings (SSSR count). The van der Waals surface area contributed by atoms with Gasteiger partial charge < -0.3 is 9.47 Å². The molecule has 0 aliphatic rings. The second-order valence-corrected chi connectivity index (χ2v) is 2.44. The van der Waals surface area contributed by atoms with Crippen LogP contribution in [0.1, 0.15) is 5.69 Å². The second-order valence-electron chi connectivity index (χ2n) is 2.08. The second kappa shape index (κ2) is 4.23. The fraction of sp³-hybridized carbons (Fsp3) is 0.429. The molecule has 1 aromatic rings. The molecule has 0 aliphatic carbocycles. The van der Waals surface area contributed by atoms with E-state index < -0.39 is 0 Å². The Morgan fingerprint density at radius 1 is 1.50 bits per heavy atom. The minimum absolute atomic E-state index is 0.316. The molecule has 5 heteroatoms. The highest BCUT2D eigenvalue weighted by molar-refractivity contribution is 6.30. The van der Waals surface area contributed by atoms with E-state index in [2.05, 4.69) is 9.97 Å². The van der Waals surface area contributed by atoms with E-state index in [9.17, 15) is 0 Å². The van der Waals surface area contributed by atoms with Crippen molar-refractivity contribution < 1.29 is 9.47 Å². The maximum Gasteiger partial charge on any atom is 0.233 e. The van der Waals surface area contributed by atoms with E-state index in [1.165, 1.54) is 13.3 Å². The fourth-order valence-electron chi connectivity index (χ4n) is 0.708. The Hall–Kier alpha value is -0.870. The first-order chi connectivity index (χ1) is 5.77. The van der Waals surface area contributed by atoms with Gasteiger partial charge in [0.05, 0.1) is 19.9 Å². The minimum atomic E-state index is 0.316. The summed E-state index contributed by atoms with van der Waals surface area (Å²) in [5.74, 6) is 0.403. The van der Waals surface area contributed by atoms with Gasteiger partial charge in [0, 0.05) is 7.11 Å². The molecule has 0 amide bonds. The normalized spacial score (nSPS) is 9.92.